The molecule has 0 atom stereocenters. The largest absolute Gasteiger partial charge is 0.391 e. The summed E-state index contributed by atoms with van der Waals surface area (Å²) in [4.78, 5) is 0. The van der Waals surface area contributed by atoms with Gasteiger partial charge in [-0.3, -0.25) is 0 Å². The molecule has 0 aromatic heterocycles. The maximum absolute atomic E-state index is 8.80. The highest BCUT2D eigenvalue weighted by atomic mass is 16.5. The highest BCUT2D eigenvalue weighted by Crippen LogP contribution is 1.95. The number of nitrogens with zero attached hydrogens (tertiary/aromatic N) is 1. The van der Waals surface area contributed by atoms with Crippen molar-refractivity contribution < 1.29 is 19.1 Å². The van der Waals surface area contributed by atoms with E-state index in [1.165, 1.54) is 0 Å². The van der Waals surface area contributed by atoms with E-state index in [0.717, 1.165) is 30.8 Å². The number of aliphatic hydroxyl groups excluding tert-OH is 1. The van der Waals surface area contributed by atoms with Crippen molar-refractivity contribution in [2.24, 2.45) is 0 Å². The minimum absolute atomic E-state index is 0.228. The molecule has 0 heterocycles. The molecule has 0 amide bonds. The molecule has 0 aromatic carbocycles. The van der Waals surface area contributed by atoms with Gasteiger partial charge in [0.2, 0.25) is 0 Å². The predicted octanol–water partition coefficient (Wildman–Crippen LogP) is 0.108. The molecule has 1 N–H and O–H groups in total. The molecule has 4 nitrogen and oxygen atoms in total. The van der Waals surface area contributed by atoms with Crippen LogP contribution >= 0.6 is 0 Å². The van der Waals surface area contributed by atoms with Crippen LogP contribution < -0.4 is 0 Å². The van der Waals surface area contributed by atoms with E-state index < -0.39 is 0 Å². The third-order valence-electron chi connectivity index (χ3n) is 2.12. The lowest BCUT2D eigenvalue weighted by Crippen LogP contribution is -2.44. The number of hydrogen-bond acceptors (Lipinski definition) is 3. The third-order valence-corrected chi connectivity index (χ3v) is 2.12. The molecule has 0 bridgehead atoms. The number of quaternary nitrogens is 1. The zero-order valence-electron chi connectivity index (χ0n) is 9.66. The first-order valence-corrected chi connectivity index (χ1v) is 5.20. The molecule has 86 valence electrons. The number of ether oxygens (including phenoxy) is 2. The Labute approximate surface area is 87.0 Å². The van der Waals surface area contributed by atoms with Gasteiger partial charge in [-0.2, -0.15) is 0 Å². The lowest BCUT2D eigenvalue weighted by atomic mass is 10.4. The molecule has 0 saturated carbocycles. The topological polar surface area (TPSA) is 38.7 Å². The zero-order valence-corrected chi connectivity index (χ0v) is 9.66. The number of likely N-dealkylation sites (N-methyl/N-ethyl adjacent to an activating group) is 1. The predicted molar refractivity (Wildman–Crippen MR) is 56.2 cm³/mol. The second-order valence-electron chi connectivity index (χ2n) is 3.92. The van der Waals surface area contributed by atoms with Gasteiger partial charge in [0.1, 0.15) is 13.1 Å². The Morgan fingerprint density at radius 1 is 1.00 bits per heavy atom. The highest BCUT2D eigenvalue weighted by Gasteiger charge is 2.12. The van der Waals surface area contributed by atoms with E-state index in [9.17, 15) is 0 Å². The van der Waals surface area contributed by atoms with Crippen LogP contribution in [0.15, 0.2) is 0 Å². The van der Waals surface area contributed by atoms with E-state index in [4.69, 9.17) is 14.6 Å². The van der Waals surface area contributed by atoms with E-state index >= 15 is 0 Å². The fraction of sp³-hybridized carbons (Fsp3) is 1.00. The zero-order chi connectivity index (χ0) is 10.9. The van der Waals surface area contributed by atoms with Gasteiger partial charge in [-0.1, -0.05) is 0 Å². The minimum atomic E-state index is 0.228. The van der Waals surface area contributed by atoms with Crippen LogP contribution in [-0.2, 0) is 9.47 Å². The number of aliphatic hydroxyl groups is 1. The second-order valence-corrected chi connectivity index (χ2v) is 3.92. The van der Waals surface area contributed by atoms with Crippen molar-refractivity contribution >= 4 is 0 Å². The van der Waals surface area contributed by atoms with Crippen molar-refractivity contribution in [1.82, 2.24) is 0 Å². The number of hydrogen-bond donors (Lipinski definition) is 1. The van der Waals surface area contributed by atoms with Crippen LogP contribution in [-0.4, -0.2) is 69.8 Å². The van der Waals surface area contributed by atoms with Gasteiger partial charge in [0.15, 0.2) is 0 Å². The quantitative estimate of drug-likeness (QED) is 0.430. The van der Waals surface area contributed by atoms with Crippen LogP contribution in [0.4, 0.5) is 0 Å². The van der Waals surface area contributed by atoms with E-state index in [0.29, 0.717) is 13.2 Å². The first-order valence-electron chi connectivity index (χ1n) is 5.20. The summed E-state index contributed by atoms with van der Waals surface area (Å²) in [6.07, 6.45) is 0. The van der Waals surface area contributed by atoms with Crippen molar-refractivity contribution in [2.45, 2.75) is 6.92 Å². The van der Waals surface area contributed by atoms with Crippen LogP contribution in [0.5, 0.6) is 0 Å². The molecule has 0 aromatic rings. The van der Waals surface area contributed by atoms with Gasteiger partial charge in [0.25, 0.3) is 0 Å². The van der Waals surface area contributed by atoms with E-state index in [2.05, 4.69) is 14.1 Å². The molecule has 0 spiro atoms. The summed E-state index contributed by atoms with van der Waals surface area (Å²) in [5, 5.41) is 8.80. The summed E-state index contributed by atoms with van der Waals surface area (Å²) in [6, 6.07) is 0. The fourth-order valence-corrected chi connectivity index (χ4v) is 1.06. The lowest BCUT2D eigenvalue weighted by molar-refractivity contribution is -0.891. The molecule has 0 fully saturated rings. The van der Waals surface area contributed by atoms with E-state index in [-0.39, 0.29) is 6.61 Å². The smallest absolute Gasteiger partial charge is 0.102 e. The van der Waals surface area contributed by atoms with Gasteiger partial charge in [-0.05, 0) is 6.92 Å². The Morgan fingerprint density at radius 3 is 2.21 bits per heavy atom. The molecular weight excluding hydrogens is 182 g/mol. The summed E-state index contributed by atoms with van der Waals surface area (Å²) in [5.41, 5.74) is 0. The molecule has 0 unspecified atom stereocenters. The first kappa shape index (κ1) is 13.8. The van der Waals surface area contributed by atoms with Crippen LogP contribution in [0, 0.1) is 0 Å². The molecule has 0 aliphatic heterocycles. The molecule has 0 rings (SSSR count). The normalized spacial score (nSPS) is 12.0. The Bertz CT molecular complexity index is 129. The van der Waals surface area contributed by atoms with Crippen LogP contribution in [0.3, 0.4) is 0 Å². The highest BCUT2D eigenvalue weighted by molar-refractivity contribution is 4.35. The second kappa shape index (κ2) is 8.17. The van der Waals surface area contributed by atoms with Gasteiger partial charge in [0.05, 0.1) is 40.5 Å². The van der Waals surface area contributed by atoms with Crippen LogP contribution in [0.1, 0.15) is 6.92 Å². The maximum Gasteiger partial charge on any atom is 0.102 e. The first-order chi connectivity index (χ1) is 6.62. The standard InChI is InChI=1S/C10H24NO3/c1-4-13-9-10-14-8-6-11(2,3)5-7-12/h12H,4-10H2,1-3H3/q+1. The molecule has 0 aliphatic rings. The minimum Gasteiger partial charge on any atom is -0.391 e. The third kappa shape index (κ3) is 8.44. The molecular formula is C10H24NO3+. The van der Waals surface area contributed by atoms with Crippen molar-refractivity contribution in [3.8, 4) is 0 Å². The SMILES string of the molecule is CCOCCOCC[N+](C)(C)CCO. The summed E-state index contributed by atoms with van der Waals surface area (Å²) in [6.45, 7) is 6.70. The van der Waals surface area contributed by atoms with Crippen molar-refractivity contribution in [2.75, 3.05) is 60.2 Å². The molecule has 0 aliphatic carbocycles. The van der Waals surface area contributed by atoms with Gasteiger partial charge in [-0.25, -0.2) is 0 Å². The average Bonchev–Trinajstić information content (AvgIpc) is 2.11. The monoisotopic (exact) mass is 206 g/mol. The average molecular weight is 206 g/mol. The van der Waals surface area contributed by atoms with Gasteiger partial charge < -0.3 is 19.1 Å². The Hall–Kier alpha value is -0.160. The molecule has 0 saturated heterocycles. The Morgan fingerprint density at radius 2 is 1.64 bits per heavy atom. The summed E-state index contributed by atoms with van der Waals surface area (Å²) in [7, 11) is 4.17. The maximum atomic E-state index is 8.80. The Kier molecular flexibility index (Phi) is 8.08. The molecule has 4 heteroatoms. The van der Waals surface area contributed by atoms with E-state index in [1.807, 2.05) is 6.92 Å². The van der Waals surface area contributed by atoms with E-state index in [1.54, 1.807) is 0 Å². The number of rotatable bonds is 9. The van der Waals surface area contributed by atoms with Crippen LogP contribution in [0.2, 0.25) is 0 Å². The van der Waals surface area contributed by atoms with Crippen molar-refractivity contribution in [3.05, 3.63) is 0 Å². The summed E-state index contributed by atoms with van der Waals surface area (Å²) < 4.78 is 11.3. The molecule has 0 radical (unpaired) electrons. The molecule has 14 heavy (non-hydrogen) atoms. The van der Waals surface area contributed by atoms with Crippen molar-refractivity contribution in [1.29, 1.82) is 0 Å². The van der Waals surface area contributed by atoms with Crippen molar-refractivity contribution in [3.63, 3.8) is 0 Å². The fourth-order valence-electron chi connectivity index (χ4n) is 1.06. The van der Waals surface area contributed by atoms with Gasteiger partial charge in [0, 0.05) is 6.61 Å². The summed E-state index contributed by atoms with van der Waals surface area (Å²) in [5.74, 6) is 0. The van der Waals surface area contributed by atoms with Crippen LogP contribution in [0.25, 0.3) is 0 Å². The lowest BCUT2D eigenvalue weighted by Gasteiger charge is -2.28. The summed E-state index contributed by atoms with van der Waals surface area (Å²) >= 11 is 0. The van der Waals surface area contributed by atoms with Gasteiger partial charge >= 0.3 is 0 Å². The Balaban J connectivity index is 3.26. The van der Waals surface area contributed by atoms with Gasteiger partial charge in [-0.15, -0.1) is 0 Å².